The molecule has 0 spiro atoms. The zero-order chi connectivity index (χ0) is 20.1. The molecule has 1 aliphatic heterocycles. The van der Waals surface area contributed by atoms with Gasteiger partial charge in [0.2, 0.25) is 11.8 Å². The minimum atomic E-state index is -3.36. The van der Waals surface area contributed by atoms with E-state index in [1.165, 1.54) is 12.3 Å². The van der Waals surface area contributed by atoms with Crippen LogP contribution < -0.4 is 15.4 Å². The van der Waals surface area contributed by atoms with E-state index in [4.69, 9.17) is 4.74 Å². The fourth-order valence-corrected chi connectivity index (χ4v) is 2.26. The third kappa shape index (κ3) is 4.82. The van der Waals surface area contributed by atoms with Gasteiger partial charge >= 0.3 is 6.43 Å². The molecule has 2 aromatic rings. The summed E-state index contributed by atoms with van der Waals surface area (Å²) in [4.78, 5) is 27.8. The lowest BCUT2D eigenvalue weighted by atomic mass is 9.89. The predicted molar refractivity (Wildman–Crippen MR) is 91.0 cm³/mol. The van der Waals surface area contributed by atoms with Crippen molar-refractivity contribution in [1.29, 1.82) is 0 Å². The Balaban J connectivity index is 1.67. The summed E-state index contributed by atoms with van der Waals surface area (Å²) in [5.74, 6) is -0.986. The van der Waals surface area contributed by atoms with Gasteiger partial charge in [-0.2, -0.15) is 9.37 Å². The van der Waals surface area contributed by atoms with Gasteiger partial charge in [0.25, 0.3) is 12.3 Å². The van der Waals surface area contributed by atoms with Crippen LogP contribution in [0.15, 0.2) is 24.8 Å². The third-order valence-corrected chi connectivity index (χ3v) is 3.81. The predicted octanol–water partition coefficient (Wildman–Crippen LogP) is 1.91. The van der Waals surface area contributed by atoms with E-state index < -0.39 is 24.6 Å². The van der Waals surface area contributed by atoms with Gasteiger partial charge < -0.3 is 20.1 Å². The zero-order valence-corrected chi connectivity index (χ0v) is 14.7. The molecule has 2 N–H and O–H groups in total. The van der Waals surface area contributed by atoms with E-state index in [1.54, 1.807) is 0 Å². The maximum absolute atomic E-state index is 13.1. The molecule has 9 nitrogen and oxygen atoms in total. The summed E-state index contributed by atoms with van der Waals surface area (Å²) in [5.41, 5.74) is -0.209. The molecule has 28 heavy (non-hydrogen) atoms. The van der Waals surface area contributed by atoms with Crippen molar-refractivity contribution in [3.8, 4) is 5.88 Å². The molecule has 0 bridgehead atoms. The first-order chi connectivity index (χ1) is 13.4. The van der Waals surface area contributed by atoms with Crippen LogP contribution in [-0.4, -0.2) is 58.4 Å². The minimum absolute atomic E-state index is 0.00651. The number of hydrogen-bond donors (Lipinski definition) is 2. The molecule has 3 heterocycles. The summed E-state index contributed by atoms with van der Waals surface area (Å²) in [6, 6.07) is 1.36. The first-order valence-electron chi connectivity index (χ1n) is 8.21. The summed E-state index contributed by atoms with van der Waals surface area (Å²) in [7, 11) is 0. The van der Waals surface area contributed by atoms with E-state index in [9.17, 15) is 18.0 Å². The van der Waals surface area contributed by atoms with Crippen LogP contribution in [0.25, 0.3) is 0 Å². The van der Waals surface area contributed by atoms with E-state index >= 15 is 0 Å². The Morgan fingerprint density at radius 2 is 2.14 bits per heavy atom. The van der Waals surface area contributed by atoms with E-state index in [0.29, 0.717) is 19.8 Å². The molecular formula is C16H17F3N6O3. The third-order valence-electron chi connectivity index (χ3n) is 3.81. The maximum atomic E-state index is 13.1. The van der Waals surface area contributed by atoms with Gasteiger partial charge in [-0.3, -0.25) is 4.79 Å². The fourth-order valence-electron chi connectivity index (χ4n) is 2.26. The van der Waals surface area contributed by atoms with Crippen molar-refractivity contribution in [2.24, 2.45) is 5.41 Å². The number of aromatic nitrogens is 4. The Hall–Kier alpha value is -3.02. The Morgan fingerprint density at radius 1 is 1.36 bits per heavy atom. The minimum Gasteiger partial charge on any atom is -0.435 e. The molecule has 1 atom stereocenters. The van der Waals surface area contributed by atoms with E-state index in [1.807, 2.05) is 6.92 Å². The molecule has 1 saturated heterocycles. The first-order valence-corrected chi connectivity index (χ1v) is 8.21. The van der Waals surface area contributed by atoms with E-state index in [-0.39, 0.29) is 22.7 Å². The van der Waals surface area contributed by atoms with Crippen molar-refractivity contribution in [3.63, 3.8) is 0 Å². The van der Waals surface area contributed by atoms with Gasteiger partial charge in [0.15, 0.2) is 0 Å². The lowest BCUT2D eigenvalue weighted by molar-refractivity contribution is -0.0925. The Labute approximate surface area is 157 Å². The van der Waals surface area contributed by atoms with E-state index in [0.717, 1.165) is 12.5 Å². The highest BCUT2D eigenvalue weighted by atomic mass is 19.3. The molecule has 0 aliphatic carbocycles. The normalized spacial score (nSPS) is 16.2. The van der Waals surface area contributed by atoms with Crippen molar-refractivity contribution in [1.82, 2.24) is 19.9 Å². The second-order valence-corrected chi connectivity index (χ2v) is 6.42. The van der Waals surface area contributed by atoms with Crippen LogP contribution in [0.2, 0.25) is 0 Å². The number of rotatable bonds is 8. The van der Waals surface area contributed by atoms with Crippen LogP contribution >= 0.6 is 0 Å². The first kappa shape index (κ1) is 19.7. The highest BCUT2D eigenvalue weighted by molar-refractivity contribution is 6.03. The van der Waals surface area contributed by atoms with Crippen molar-refractivity contribution in [3.05, 3.63) is 30.5 Å². The Kier molecular flexibility index (Phi) is 5.87. The van der Waals surface area contributed by atoms with Crippen LogP contribution in [0, 0.1) is 5.41 Å². The molecular weight excluding hydrogens is 381 g/mol. The second-order valence-electron chi connectivity index (χ2n) is 6.42. The highest BCUT2D eigenvalue weighted by Crippen LogP contribution is 2.26. The quantitative estimate of drug-likeness (QED) is 0.694. The molecule has 3 rings (SSSR count). The van der Waals surface area contributed by atoms with Crippen molar-refractivity contribution < 1.29 is 27.4 Å². The molecule has 150 valence electrons. The Bertz CT molecular complexity index is 837. The average Bonchev–Trinajstić information content (AvgIpc) is 2.66. The number of anilines is 2. The summed E-state index contributed by atoms with van der Waals surface area (Å²) >= 11 is 0. The largest absolute Gasteiger partial charge is 0.435 e. The molecule has 2 aromatic heterocycles. The number of nitrogens with one attached hydrogen (secondary N) is 2. The number of alkyl halides is 3. The number of ether oxygens (including phenoxy) is 2. The number of nitrogens with zero attached hydrogens (tertiary/aromatic N) is 4. The zero-order valence-electron chi connectivity index (χ0n) is 14.7. The summed E-state index contributed by atoms with van der Waals surface area (Å²) < 4.78 is 47.4. The molecule has 0 saturated carbocycles. The summed E-state index contributed by atoms with van der Waals surface area (Å²) in [6.45, 7) is 3.83. The van der Waals surface area contributed by atoms with Crippen molar-refractivity contribution >= 4 is 17.5 Å². The van der Waals surface area contributed by atoms with Crippen molar-refractivity contribution in [2.75, 3.05) is 30.4 Å². The van der Waals surface area contributed by atoms with Gasteiger partial charge in [-0.1, -0.05) is 6.92 Å². The monoisotopic (exact) mass is 398 g/mol. The van der Waals surface area contributed by atoms with Crippen LogP contribution in [-0.2, 0) is 4.74 Å². The van der Waals surface area contributed by atoms with Gasteiger partial charge in [-0.15, -0.1) is 0 Å². The molecule has 0 aromatic carbocycles. The number of carbonyl (C=O) groups is 1. The van der Waals surface area contributed by atoms with Gasteiger partial charge in [0, 0.05) is 18.2 Å². The average molecular weight is 398 g/mol. The topological polar surface area (TPSA) is 111 Å². The molecule has 1 fully saturated rings. The van der Waals surface area contributed by atoms with Crippen LogP contribution in [0.1, 0.15) is 17.4 Å². The van der Waals surface area contributed by atoms with Gasteiger partial charge in [-0.25, -0.2) is 23.7 Å². The smallest absolute Gasteiger partial charge is 0.304 e. The lowest BCUT2D eigenvalue weighted by Gasteiger charge is -2.37. The fraction of sp³-hybridized carbons (Fsp3) is 0.438. The SMILES string of the molecule is CC1(CNc2nccc(C(=O)Nc3cncnc3OC(F)C(F)F)n2)COC1. The molecule has 1 amide bonds. The Morgan fingerprint density at radius 3 is 2.82 bits per heavy atom. The molecule has 1 aliphatic rings. The van der Waals surface area contributed by atoms with Crippen LogP contribution in [0.5, 0.6) is 5.88 Å². The number of carbonyl (C=O) groups excluding carboxylic acids is 1. The second kappa shape index (κ2) is 8.33. The molecule has 0 radical (unpaired) electrons. The van der Waals surface area contributed by atoms with Gasteiger partial charge in [-0.05, 0) is 6.07 Å². The molecule has 1 unspecified atom stereocenters. The standard InChI is InChI=1S/C16H17F3N6O3/c1-16(6-27-7-16)5-22-15-21-3-2-9(25-15)13(26)24-10-4-20-8-23-14(10)28-12(19)11(17)18/h2-4,8,11-12H,5-7H2,1H3,(H,24,26)(H,21,22,25). The lowest BCUT2D eigenvalue weighted by Crippen LogP contribution is -2.45. The number of hydrogen-bond acceptors (Lipinski definition) is 8. The van der Waals surface area contributed by atoms with Gasteiger partial charge in [0.1, 0.15) is 17.7 Å². The summed E-state index contributed by atoms with van der Waals surface area (Å²) in [6.07, 6.45) is -2.80. The number of halogens is 3. The van der Waals surface area contributed by atoms with E-state index in [2.05, 4.69) is 35.3 Å². The molecule has 12 heteroatoms. The highest BCUT2D eigenvalue weighted by Gasteiger charge is 2.33. The summed E-state index contributed by atoms with van der Waals surface area (Å²) in [5, 5.41) is 5.39. The van der Waals surface area contributed by atoms with Crippen LogP contribution in [0.3, 0.4) is 0 Å². The number of amides is 1. The maximum Gasteiger partial charge on any atom is 0.304 e. The van der Waals surface area contributed by atoms with Crippen LogP contribution in [0.4, 0.5) is 24.8 Å². The van der Waals surface area contributed by atoms with Crippen molar-refractivity contribution in [2.45, 2.75) is 19.7 Å². The van der Waals surface area contributed by atoms with Gasteiger partial charge in [0.05, 0.1) is 19.4 Å².